The normalized spacial score (nSPS) is 10.9. The van der Waals surface area contributed by atoms with E-state index in [1.54, 1.807) is 6.07 Å². The largest absolute Gasteiger partial charge is 0.390 e. The van der Waals surface area contributed by atoms with Crippen LogP contribution < -0.4 is 0 Å². The molecule has 2 aromatic carbocycles. The Morgan fingerprint density at radius 3 is 2.58 bits per heavy atom. The second-order valence-corrected chi connectivity index (χ2v) is 3.72. The van der Waals surface area contributed by atoms with Crippen LogP contribution in [-0.2, 0) is 11.4 Å². The standard InChI is InChI=1S/C14H9F3NO/c15-12-3-1-2-10(6-12)8-18-19-9-11-7-13(16)4-5-14(11)17/h1-7H,9H2. The van der Waals surface area contributed by atoms with Crippen molar-refractivity contribution in [1.29, 1.82) is 0 Å². The molecule has 97 valence electrons. The van der Waals surface area contributed by atoms with E-state index in [-0.39, 0.29) is 12.2 Å². The third kappa shape index (κ3) is 3.84. The topological polar surface area (TPSA) is 21.6 Å². The molecule has 0 spiro atoms. The zero-order valence-corrected chi connectivity index (χ0v) is 9.74. The Morgan fingerprint density at radius 1 is 1.00 bits per heavy atom. The van der Waals surface area contributed by atoms with E-state index >= 15 is 0 Å². The first-order valence-corrected chi connectivity index (χ1v) is 5.42. The zero-order chi connectivity index (χ0) is 13.7. The Morgan fingerprint density at radius 2 is 1.79 bits per heavy atom. The van der Waals surface area contributed by atoms with Gasteiger partial charge in [0.25, 0.3) is 0 Å². The van der Waals surface area contributed by atoms with Crippen LogP contribution in [0.4, 0.5) is 13.2 Å². The van der Waals surface area contributed by atoms with Gasteiger partial charge >= 0.3 is 0 Å². The number of nitrogens with zero attached hydrogens (tertiary/aromatic N) is 1. The Labute approximate surface area is 108 Å². The van der Waals surface area contributed by atoms with Gasteiger partial charge in [-0.3, -0.25) is 0 Å². The summed E-state index contributed by atoms with van der Waals surface area (Å²) in [5, 5.41) is 3.44. The number of benzene rings is 2. The van der Waals surface area contributed by atoms with Crippen molar-refractivity contribution in [1.82, 2.24) is 0 Å². The summed E-state index contributed by atoms with van der Waals surface area (Å²) >= 11 is 0. The molecule has 0 bridgehead atoms. The molecule has 0 unspecified atom stereocenters. The Hall–Kier alpha value is -2.30. The van der Waals surface area contributed by atoms with Crippen molar-refractivity contribution in [3.05, 3.63) is 71.0 Å². The fourth-order valence-corrected chi connectivity index (χ4v) is 1.40. The fourth-order valence-electron chi connectivity index (χ4n) is 1.40. The minimum atomic E-state index is -0.581. The van der Waals surface area contributed by atoms with Crippen molar-refractivity contribution in [3.8, 4) is 0 Å². The smallest absolute Gasteiger partial charge is 0.145 e. The van der Waals surface area contributed by atoms with Gasteiger partial charge in [-0.15, -0.1) is 0 Å². The van der Waals surface area contributed by atoms with Crippen LogP contribution in [-0.4, -0.2) is 6.21 Å². The second kappa shape index (κ2) is 6.04. The molecule has 0 aliphatic heterocycles. The summed E-state index contributed by atoms with van der Waals surface area (Å²) in [5.41, 5.74) is 0.435. The molecule has 0 heterocycles. The van der Waals surface area contributed by atoms with E-state index in [0.717, 1.165) is 18.2 Å². The molecule has 0 saturated carbocycles. The van der Waals surface area contributed by atoms with Crippen molar-refractivity contribution >= 4 is 6.21 Å². The van der Waals surface area contributed by atoms with Gasteiger partial charge in [0, 0.05) is 11.1 Å². The number of rotatable bonds is 4. The molecule has 0 N–H and O–H groups in total. The Kier molecular flexibility index (Phi) is 4.18. The lowest BCUT2D eigenvalue weighted by Crippen LogP contribution is -1.94. The average molecular weight is 264 g/mol. The summed E-state index contributed by atoms with van der Waals surface area (Å²) in [7, 11) is 0. The molecule has 2 rings (SSSR count). The van der Waals surface area contributed by atoms with Crippen molar-refractivity contribution in [2.24, 2.45) is 5.16 Å². The maximum Gasteiger partial charge on any atom is 0.145 e. The summed E-state index contributed by atoms with van der Waals surface area (Å²) in [5.74, 6) is -1.56. The van der Waals surface area contributed by atoms with Crippen LogP contribution in [0.3, 0.4) is 0 Å². The molecule has 0 atom stereocenters. The maximum atomic E-state index is 13.2. The third-order valence-electron chi connectivity index (χ3n) is 2.29. The molecule has 0 aromatic heterocycles. The van der Waals surface area contributed by atoms with Gasteiger partial charge < -0.3 is 4.84 Å². The highest BCUT2D eigenvalue weighted by Crippen LogP contribution is 2.11. The van der Waals surface area contributed by atoms with Gasteiger partial charge in [0.2, 0.25) is 0 Å². The summed E-state index contributed by atoms with van der Waals surface area (Å²) in [6.45, 7) is -0.230. The number of hydrogen-bond donors (Lipinski definition) is 0. The first-order chi connectivity index (χ1) is 9.15. The summed E-state index contributed by atoms with van der Waals surface area (Å²) in [4.78, 5) is 4.78. The molecule has 0 fully saturated rings. The van der Waals surface area contributed by atoms with Gasteiger partial charge in [-0.2, -0.15) is 0 Å². The van der Waals surface area contributed by atoms with E-state index in [1.165, 1.54) is 18.2 Å². The van der Waals surface area contributed by atoms with E-state index in [4.69, 9.17) is 4.84 Å². The van der Waals surface area contributed by atoms with Gasteiger partial charge in [0.1, 0.15) is 30.3 Å². The molecular weight excluding hydrogens is 255 g/mol. The highest BCUT2D eigenvalue weighted by atomic mass is 19.1. The minimum Gasteiger partial charge on any atom is -0.390 e. The van der Waals surface area contributed by atoms with E-state index in [0.29, 0.717) is 5.56 Å². The van der Waals surface area contributed by atoms with E-state index in [1.807, 2.05) is 0 Å². The number of hydrogen-bond acceptors (Lipinski definition) is 2. The molecule has 0 amide bonds. The van der Waals surface area contributed by atoms with Gasteiger partial charge in [0.15, 0.2) is 0 Å². The van der Waals surface area contributed by atoms with Gasteiger partial charge in [-0.1, -0.05) is 17.3 Å². The van der Waals surface area contributed by atoms with Gasteiger partial charge in [0.05, 0.1) is 0 Å². The first-order valence-electron chi connectivity index (χ1n) is 5.42. The van der Waals surface area contributed by atoms with Crippen LogP contribution in [0.2, 0.25) is 0 Å². The number of halogens is 3. The fraction of sp³-hybridized carbons (Fsp3) is 0.0714. The summed E-state index contributed by atoms with van der Waals surface area (Å²) < 4.78 is 38.9. The third-order valence-corrected chi connectivity index (χ3v) is 2.29. The lowest BCUT2D eigenvalue weighted by Gasteiger charge is -2.01. The van der Waals surface area contributed by atoms with Crippen LogP contribution >= 0.6 is 0 Å². The SMILES string of the molecule is Fc1cccc(/[C]=N\OCc2cc(F)ccc2F)c1. The zero-order valence-electron chi connectivity index (χ0n) is 9.74. The van der Waals surface area contributed by atoms with E-state index in [9.17, 15) is 13.2 Å². The molecule has 0 aliphatic carbocycles. The molecule has 2 nitrogen and oxygen atoms in total. The van der Waals surface area contributed by atoms with Crippen LogP contribution in [0, 0.1) is 17.5 Å². The van der Waals surface area contributed by atoms with Crippen LogP contribution in [0.5, 0.6) is 0 Å². The first kappa shape index (κ1) is 13.1. The lowest BCUT2D eigenvalue weighted by atomic mass is 10.2. The van der Waals surface area contributed by atoms with Crippen molar-refractivity contribution in [2.45, 2.75) is 6.61 Å². The monoisotopic (exact) mass is 264 g/mol. The molecule has 5 heteroatoms. The molecule has 0 saturated heterocycles. The predicted molar refractivity (Wildman–Crippen MR) is 64.1 cm³/mol. The molecule has 19 heavy (non-hydrogen) atoms. The average Bonchev–Trinajstić information content (AvgIpc) is 2.39. The van der Waals surface area contributed by atoms with Crippen LogP contribution in [0.1, 0.15) is 11.1 Å². The predicted octanol–water partition coefficient (Wildman–Crippen LogP) is 3.53. The highest BCUT2D eigenvalue weighted by Gasteiger charge is 2.03. The van der Waals surface area contributed by atoms with Gasteiger partial charge in [-0.25, -0.2) is 13.2 Å². The van der Waals surface area contributed by atoms with Crippen molar-refractivity contribution in [2.75, 3.05) is 0 Å². The van der Waals surface area contributed by atoms with Gasteiger partial charge in [-0.05, 0) is 30.3 Å². The molecule has 0 aliphatic rings. The molecule has 2 aromatic rings. The van der Waals surface area contributed by atoms with Crippen LogP contribution in [0.15, 0.2) is 47.6 Å². The molecule has 1 radical (unpaired) electrons. The lowest BCUT2D eigenvalue weighted by molar-refractivity contribution is 0.129. The van der Waals surface area contributed by atoms with Crippen LogP contribution in [0.25, 0.3) is 0 Å². The summed E-state index contributed by atoms with van der Waals surface area (Å²) in [6.07, 6.45) is 2.44. The molecular formula is C14H9F3NO. The van der Waals surface area contributed by atoms with Crippen molar-refractivity contribution < 1.29 is 18.0 Å². The maximum absolute atomic E-state index is 13.2. The van der Waals surface area contributed by atoms with E-state index in [2.05, 4.69) is 11.4 Å². The Balaban J connectivity index is 1.95. The van der Waals surface area contributed by atoms with Crippen molar-refractivity contribution in [3.63, 3.8) is 0 Å². The summed E-state index contributed by atoms with van der Waals surface area (Å²) in [6, 6.07) is 8.63. The minimum absolute atomic E-state index is 0.0461. The second-order valence-electron chi connectivity index (χ2n) is 3.72. The Bertz CT molecular complexity index is 599. The highest BCUT2D eigenvalue weighted by molar-refractivity contribution is 5.78. The van der Waals surface area contributed by atoms with E-state index < -0.39 is 17.5 Å². The quantitative estimate of drug-likeness (QED) is 0.611.